The average Bonchev–Trinajstić information content (AvgIpc) is 2.35. The van der Waals surface area contributed by atoms with Gasteiger partial charge in [-0.15, -0.1) is 0 Å². The quantitative estimate of drug-likeness (QED) is 0.585. The van der Waals surface area contributed by atoms with Crippen molar-refractivity contribution < 1.29 is 14.7 Å². The molecular weight excluding hydrogens is 224 g/mol. The summed E-state index contributed by atoms with van der Waals surface area (Å²) < 4.78 is 0. The van der Waals surface area contributed by atoms with Crippen LogP contribution in [0.25, 0.3) is 0 Å². The van der Waals surface area contributed by atoms with E-state index in [0.29, 0.717) is 5.56 Å². The fraction of sp³-hybridized carbons (Fsp3) is 0.200. The fourth-order valence-corrected chi connectivity index (χ4v) is 0.975. The molecule has 1 unspecified atom stereocenters. The molecule has 0 aliphatic rings. The smallest absolute Gasteiger partial charge is 0.269 e. The molecule has 17 heavy (non-hydrogen) atoms. The van der Waals surface area contributed by atoms with Crippen LogP contribution in [0.3, 0.4) is 0 Å². The Morgan fingerprint density at radius 2 is 2.29 bits per heavy atom. The summed E-state index contributed by atoms with van der Waals surface area (Å²) >= 11 is 0. The molecule has 0 bridgehead atoms. The third-order valence-corrected chi connectivity index (χ3v) is 1.91. The highest BCUT2D eigenvalue weighted by Crippen LogP contribution is 1.98. The van der Waals surface area contributed by atoms with Gasteiger partial charge in [0.05, 0.1) is 12.1 Å². The number of nitrogens with one attached hydrogen (secondary N) is 1. The summed E-state index contributed by atoms with van der Waals surface area (Å²) in [6.45, 7) is -0.282. The first-order valence-electron chi connectivity index (χ1n) is 4.66. The minimum Gasteiger partial charge on any atom is -0.381 e. The standard InChI is InChI=1S/C10H10N4O3/c11-3-6-1-2-7(13-4-6)10(17)14-5-8(15)9(12)16/h1-2,4,8,15H,5H2,(H2,12,16)(H,14,17). The Kier molecular flexibility index (Phi) is 4.14. The van der Waals surface area contributed by atoms with Gasteiger partial charge in [0.1, 0.15) is 17.9 Å². The van der Waals surface area contributed by atoms with Crippen molar-refractivity contribution in [2.75, 3.05) is 6.54 Å². The number of pyridine rings is 1. The van der Waals surface area contributed by atoms with Crippen LogP contribution < -0.4 is 11.1 Å². The number of aromatic nitrogens is 1. The van der Waals surface area contributed by atoms with E-state index in [2.05, 4.69) is 10.3 Å². The first kappa shape index (κ1) is 12.6. The third-order valence-electron chi connectivity index (χ3n) is 1.91. The molecule has 1 rings (SSSR count). The van der Waals surface area contributed by atoms with Crippen molar-refractivity contribution in [1.29, 1.82) is 5.26 Å². The molecule has 1 atom stereocenters. The second kappa shape index (κ2) is 5.58. The molecule has 0 aromatic carbocycles. The number of carbonyl (C=O) groups is 2. The van der Waals surface area contributed by atoms with Crippen LogP contribution >= 0.6 is 0 Å². The predicted molar refractivity (Wildman–Crippen MR) is 56.5 cm³/mol. The topological polar surface area (TPSA) is 129 Å². The highest BCUT2D eigenvalue weighted by Gasteiger charge is 2.13. The van der Waals surface area contributed by atoms with Crippen molar-refractivity contribution in [2.24, 2.45) is 5.73 Å². The van der Waals surface area contributed by atoms with Gasteiger partial charge in [-0.05, 0) is 12.1 Å². The third kappa shape index (κ3) is 3.55. The van der Waals surface area contributed by atoms with E-state index in [1.165, 1.54) is 18.3 Å². The van der Waals surface area contributed by atoms with Gasteiger partial charge in [-0.1, -0.05) is 0 Å². The molecular formula is C10H10N4O3. The zero-order valence-electron chi connectivity index (χ0n) is 8.75. The first-order valence-corrected chi connectivity index (χ1v) is 4.66. The summed E-state index contributed by atoms with van der Waals surface area (Å²) in [4.78, 5) is 25.7. The summed E-state index contributed by atoms with van der Waals surface area (Å²) in [5, 5.41) is 19.9. The van der Waals surface area contributed by atoms with Crippen molar-refractivity contribution in [3.05, 3.63) is 29.6 Å². The number of nitrogens with two attached hydrogens (primary N) is 1. The summed E-state index contributed by atoms with van der Waals surface area (Å²) in [6, 6.07) is 4.67. The lowest BCUT2D eigenvalue weighted by Crippen LogP contribution is -2.40. The number of rotatable bonds is 4. The van der Waals surface area contributed by atoms with Gasteiger partial charge in [0, 0.05) is 6.20 Å². The van der Waals surface area contributed by atoms with Crippen molar-refractivity contribution >= 4 is 11.8 Å². The molecule has 0 fully saturated rings. The minimum atomic E-state index is -1.43. The van der Waals surface area contributed by atoms with Crippen molar-refractivity contribution in [2.45, 2.75) is 6.10 Å². The van der Waals surface area contributed by atoms with Crippen molar-refractivity contribution in [3.63, 3.8) is 0 Å². The number of amides is 2. The Balaban J connectivity index is 2.58. The molecule has 4 N–H and O–H groups in total. The van der Waals surface area contributed by atoms with Crippen LogP contribution in [0.15, 0.2) is 18.3 Å². The molecule has 7 heteroatoms. The van der Waals surface area contributed by atoms with Crippen LogP contribution in [-0.4, -0.2) is 34.6 Å². The molecule has 2 amide bonds. The maximum atomic E-state index is 11.5. The van der Waals surface area contributed by atoms with Crippen molar-refractivity contribution in [1.82, 2.24) is 10.3 Å². The van der Waals surface area contributed by atoms with Crippen LogP contribution in [-0.2, 0) is 4.79 Å². The normalized spacial score (nSPS) is 11.3. The van der Waals surface area contributed by atoms with Crippen LogP contribution in [0, 0.1) is 11.3 Å². The van der Waals surface area contributed by atoms with Gasteiger partial charge in [-0.2, -0.15) is 5.26 Å². The zero-order chi connectivity index (χ0) is 12.8. The molecule has 0 saturated carbocycles. The number of nitriles is 1. The number of primary amides is 1. The minimum absolute atomic E-state index is 0.0840. The van der Waals surface area contributed by atoms with Gasteiger partial charge >= 0.3 is 0 Å². The molecule has 0 aliphatic carbocycles. The first-order chi connectivity index (χ1) is 8.04. The van der Waals surface area contributed by atoms with Gasteiger partial charge in [0.25, 0.3) is 5.91 Å². The van der Waals surface area contributed by atoms with E-state index < -0.39 is 17.9 Å². The van der Waals surface area contributed by atoms with Gasteiger partial charge in [0.15, 0.2) is 0 Å². The molecule has 0 spiro atoms. The van der Waals surface area contributed by atoms with Gasteiger partial charge in [-0.25, -0.2) is 4.98 Å². The lowest BCUT2D eigenvalue weighted by molar-refractivity contribution is -0.125. The van der Waals surface area contributed by atoms with Gasteiger partial charge in [0.2, 0.25) is 5.91 Å². The molecule has 1 aromatic rings. The largest absolute Gasteiger partial charge is 0.381 e. The van der Waals surface area contributed by atoms with E-state index in [9.17, 15) is 9.59 Å². The second-order valence-electron chi connectivity index (χ2n) is 3.17. The Bertz CT molecular complexity index is 463. The SMILES string of the molecule is N#Cc1ccc(C(=O)NCC(O)C(N)=O)nc1. The number of carbonyl (C=O) groups excluding carboxylic acids is 2. The highest BCUT2D eigenvalue weighted by atomic mass is 16.3. The molecule has 0 radical (unpaired) electrons. The monoisotopic (exact) mass is 234 g/mol. The summed E-state index contributed by atoms with van der Waals surface area (Å²) in [6.07, 6.45) is -0.184. The van der Waals surface area contributed by atoms with E-state index >= 15 is 0 Å². The van der Waals surface area contributed by atoms with Gasteiger partial charge in [-0.3, -0.25) is 9.59 Å². The zero-order valence-corrected chi connectivity index (χ0v) is 8.75. The average molecular weight is 234 g/mol. The Hall–Kier alpha value is -2.46. The highest BCUT2D eigenvalue weighted by molar-refractivity contribution is 5.92. The lowest BCUT2D eigenvalue weighted by atomic mass is 10.2. The Labute approximate surface area is 96.9 Å². The number of aliphatic hydroxyl groups excluding tert-OH is 1. The summed E-state index contributed by atoms with van der Waals surface area (Å²) in [5.74, 6) is -1.48. The maximum absolute atomic E-state index is 11.5. The van der Waals surface area contributed by atoms with E-state index in [1.807, 2.05) is 6.07 Å². The number of aliphatic hydroxyl groups is 1. The second-order valence-corrected chi connectivity index (χ2v) is 3.17. The Morgan fingerprint density at radius 1 is 1.59 bits per heavy atom. The van der Waals surface area contributed by atoms with Crippen LogP contribution in [0.2, 0.25) is 0 Å². The fourth-order valence-electron chi connectivity index (χ4n) is 0.975. The molecule has 0 aliphatic heterocycles. The summed E-state index contributed by atoms with van der Waals surface area (Å²) in [5.41, 5.74) is 5.22. The van der Waals surface area contributed by atoms with E-state index in [0.717, 1.165) is 0 Å². The number of hydrogen-bond donors (Lipinski definition) is 3. The van der Waals surface area contributed by atoms with E-state index in [-0.39, 0.29) is 12.2 Å². The van der Waals surface area contributed by atoms with E-state index in [1.54, 1.807) is 0 Å². The van der Waals surface area contributed by atoms with Gasteiger partial charge < -0.3 is 16.2 Å². The molecule has 7 nitrogen and oxygen atoms in total. The van der Waals surface area contributed by atoms with Crippen LogP contribution in [0.5, 0.6) is 0 Å². The molecule has 0 saturated heterocycles. The predicted octanol–water partition coefficient (Wildman–Crippen LogP) is -1.47. The number of hydrogen-bond acceptors (Lipinski definition) is 5. The van der Waals surface area contributed by atoms with Crippen LogP contribution in [0.4, 0.5) is 0 Å². The molecule has 1 heterocycles. The molecule has 88 valence electrons. The summed E-state index contributed by atoms with van der Waals surface area (Å²) in [7, 11) is 0. The number of nitrogens with zero attached hydrogens (tertiary/aromatic N) is 2. The van der Waals surface area contributed by atoms with Crippen molar-refractivity contribution in [3.8, 4) is 6.07 Å². The lowest BCUT2D eigenvalue weighted by Gasteiger charge is -2.07. The van der Waals surface area contributed by atoms with Crippen LogP contribution in [0.1, 0.15) is 16.1 Å². The maximum Gasteiger partial charge on any atom is 0.269 e. The van der Waals surface area contributed by atoms with E-state index in [4.69, 9.17) is 16.1 Å². The molecule has 1 aromatic heterocycles. The Morgan fingerprint density at radius 3 is 2.76 bits per heavy atom.